The first-order valence-corrected chi connectivity index (χ1v) is 13.4. The first kappa shape index (κ1) is 24.4. The number of nitrogens with zero attached hydrogens (tertiary/aromatic N) is 6. The quantitative estimate of drug-likeness (QED) is 0.192. The van der Waals surface area contributed by atoms with Crippen molar-refractivity contribution >= 4 is 39.6 Å². The summed E-state index contributed by atoms with van der Waals surface area (Å²) < 4.78 is 25.2. The van der Waals surface area contributed by atoms with Crippen LogP contribution in [0.2, 0.25) is 5.02 Å². The minimum Gasteiger partial charge on any atom is -0.373 e. The van der Waals surface area contributed by atoms with Gasteiger partial charge in [0, 0.05) is 23.8 Å². The highest BCUT2D eigenvalue weighted by molar-refractivity contribution is 6.35. The number of para-hydroxylation sites is 1. The number of benzene rings is 3. The number of pyridine rings is 1. The number of halogens is 2. The van der Waals surface area contributed by atoms with Gasteiger partial charge in [0.15, 0.2) is 0 Å². The average molecular weight is 554 g/mol. The SMILES string of the molecule is [2H][C@@](Nc1cc(Cl)c2ncc(C#N)c(NN(CC)c3ccccc3)c2c1)(c1ccc(F)cc1)c1cn(C2CC2)nn1. The number of nitriles is 1. The molecule has 2 aromatic heterocycles. The largest absolute Gasteiger partial charge is 0.373 e. The van der Waals surface area contributed by atoms with Crippen LogP contribution in [0.5, 0.6) is 0 Å². The van der Waals surface area contributed by atoms with Crippen molar-refractivity contribution in [2.75, 3.05) is 22.3 Å². The van der Waals surface area contributed by atoms with Crippen molar-refractivity contribution in [2.45, 2.75) is 31.8 Å². The number of aromatic nitrogens is 4. The van der Waals surface area contributed by atoms with E-state index in [4.69, 9.17) is 11.6 Å². The fraction of sp³-hybridized carbons (Fsp3) is 0.200. The second-order valence-electron chi connectivity index (χ2n) is 9.53. The molecule has 8 nitrogen and oxygen atoms in total. The molecule has 10 heteroatoms. The summed E-state index contributed by atoms with van der Waals surface area (Å²) in [4.78, 5) is 4.46. The third kappa shape index (κ3) is 5.14. The van der Waals surface area contributed by atoms with E-state index < -0.39 is 11.8 Å². The predicted molar refractivity (Wildman–Crippen MR) is 155 cm³/mol. The summed E-state index contributed by atoms with van der Waals surface area (Å²) in [6.07, 6.45) is 5.27. The highest BCUT2D eigenvalue weighted by atomic mass is 35.5. The Balaban J connectivity index is 1.46. The molecule has 0 bridgehead atoms. The summed E-state index contributed by atoms with van der Waals surface area (Å²) in [5.74, 6) is -0.406. The maximum Gasteiger partial charge on any atom is 0.123 e. The Hall–Kier alpha value is -4.68. The van der Waals surface area contributed by atoms with Gasteiger partial charge in [0.1, 0.15) is 17.6 Å². The van der Waals surface area contributed by atoms with Crippen molar-refractivity contribution < 1.29 is 5.76 Å². The van der Waals surface area contributed by atoms with Gasteiger partial charge >= 0.3 is 0 Å². The third-order valence-corrected chi connectivity index (χ3v) is 7.05. The van der Waals surface area contributed by atoms with Crippen molar-refractivity contribution in [3.8, 4) is 6.07 Å². The molecule has 200 valence electrons. The van der Waals surface area contributed by atoms with Crippen LogP contribution >= 0.6 is 11.6 Å². The summed E-state index contributed by atoms with van der Waals surface area (Å²) in [7, 11) is 0. The molecule has 1 atom stereocenters. The molecule has 2 N–H and O–H groups in total. The first-order chi connectivity index (χ1) is 19.9. The maximum absolute atomic E-state index is 13.8. The summed E-state index contributed by atoms with van der Waals surface area (Å²) in [5, 5.41) is 24.6. The fourth-order valence-electron chi connectivity index (χ4n) is 4.56. The third-order valence-electron chi connectivity index (χ3n) is 6.77. The molecule has 0 unspecified atom stereocenters. The van der Waals surface area contributed by atoms with E-state index >= 15 is 0 Å². The van der Waals surface area contributed by atoms with Crippen LogP contribution in [0.4, 0.5) is 21.5 Å². The van der Waals surface area contributed by atoms with Crippen LogP contribution in [0.3, 0.4) is 0 Å². The van der Waals surface area contributed by atoms with E-state index in [1.165, 1.54) is 18.3 Å². The van der Waals surface area contributed by atoms with Crippen molar-refractivity contribution in [1.29, 1.82) is 5.26 Å². The van der Waals surface area contributed by atoms with Crippen molar-refractivity contribution in [2.24, 2.45) is 0 Å². The standard InChI is InChI=1S/C30H26ClFN8/c1-2-39(23-6-4-3-5-7-23)37-28-20(16-33)17-34-30-25(28)14-22(15-26(30)31)35-29(19-8-10-21(32)11-9-19)27-18-40(38-36-27)24-12-13-24/h3-11,14-15,17-18,24,29,35H,2,12-13H2,1H3,(H,34,37)/t29-/m1/s1/i29D. The summed E-state index contributed by atoms with van der Waals surface area (Å²) >= 11 is 6.74. The lowest BCUT2D eigenvalue weighted by Gasteiger charge is -2.26. The summed E-state index contributed by atoms with van der Waals surface area (Å²) in [6.45, 7) is 2.61. The Morgan fingerprint density at radius 3 is 2.67 bits per heavy atom. The van der Waals surface area contributed by atoms with Gasteiger partial charge in [-0.1, -0.05) is 47.1 Å². The van der Waals surface area contributed by atoms with E-state index in [0.717, 1.165) is 18.5 Å². The lowest BCUT2D eigenvalue weighted by molar-refractivity contribution is 0.610. The van der Waals surface area contributed by atoms with E-state index in [2.05, 4.69) is 32.1 Å². The van der Waals surface area contributed by atoms with Gasteiger partial charge in [0.25, 0.3) is 0 Å². The second kappa shape index (κ2) is 10.8. The lowest BCUT2D eigenvalue weighted by Crippen LogP contribution is -2.30. The Bertz CT molecular complexity index is 1750. The maximum atomic E-state index is 13.8. The molecule has 1 fully saturated rings. The summed E-state index contributed by atoms with van der Waals surface area (Å²) in [5.41, 5.74) is 7.00. The molecule has 3 aromatic carbocycles. The van der Waals surface area contributed by atoms with E-state index in [1.807, 2.05) is 42.3 Å². The smallest absolute Gasteiger partial charge is 0.123 e. The Kier molecular flexibility index (Phi) is 6.60. The lowest BCUT2D eigenvalue weighted by atomic mass is 10.0. The zero-order valence-corrected chi connectivity index (χ0v) is 22.4. The first-order valence-electron chi connectivity index (χ1n) is 13.5. The number of hydrogen-bond acceptors (Lipinski definition) is 7. The second-order valence-corrected chi connectivity index (χ2v) is 9.93. The highest BCUT2D eigenvalue weighted by Crippen LogP contribution is 2.37. The molecule has 1 aliphatic carbocycles. The summed E-state index contributed by atoms with van der Waals surface area (Å²) in [6, 6.07) is 19.9. The zero-order valence-electron chi connectivity index (χ0n) is 22.6. The molecule has 0 radical (unpaired) electrons. The molecule has 0 saturated heterocycles. The predicted octanol–water partition coefficient (Wildman–Crippen LogP) is 6.88. The fourth-order valence-corrected chi connectivity index (χ4v) is 4.83. The van der Waals surface area contributed by atoms with Gasteiger partial charge in [0.05, 0.1) is 47.1 Å². The number of hydrogen-bond donors (Lipinski definition) is 2. The normalized spacial score (nSPS) is 14.7. The van der Waals surface area contributed by atoms with Crippen LogP contribution in [0.15, 0.2) is 79.1 Å². The monoisotopic (exact) mass is 553 g/mol. The molecule has 1 aliphatic rings. The molecular weight excluding hydrogens is 527 g/mol. The molecule has 40 heavy (non-hydrogen) atoms. The van der Waals surface area contributed by atoms with Crippen molar-refractivity contribution in [3.05, 3.63) is 107 Å². The minimum atomic E-state index is -1.62. The number of rotatable bonds is 9. The van der Waals surface area contributed by atoms with Gasteiger partial charge in [-0.05, 0) is 61.7 Å². The topological polar surface area (TPSA) is 94.7 Å². The van der Waals surface area contributed by atoms with Gasteiger partial charge in [-0.3, -0.25) is 15.4 Å². The van der Waals surface area contributed by atoms with Gasteiger partial charge in [0.2, 0.25) is 0 Å². The van der Waals surface area contributed by atoms with Crippen LogP contribution in [0, 0.1) is 17.1 Å². The van der Waals surface area contributed by atoms with Crippen LogP contribution < -0.4 is 15.8 Å². The zero-order chi connectivity index (χ0) is 28.6. The molecule has 0 amide bonds. The van der Waals surface area contributed by atoms with Crippen LogP contribution in [0.25, 0.3) is 10.9 Å². The van der Waals surface area contributed by atoms with Crippen LogP contribution in [-0.2, 0) is 0 Å². The van der Waals surface area contributed by atoms with Gasteiger partial charge in [-0.2, -0.15) is 5.26 Å². The Morgan fingerprint density at radius 1 is 1.20 bits per heavy atom. The van der Waals surface area contributed by atoms with E-state index in [-0.39, 0.29) is 6.04 Å². The van der Waals surface area contributed by atoms with Crippen LogP contribution in [-0.4, -0.2) is 26.5 Å². The molecule has 0 aliphatic heterocycles. The minimum absolute atomic E-state index is 0.277. The van der Waals surface area contributed by atoms with Gasteiger partial charge in [-0.25, -0.2) is 9.07 Å². The Morgan fingerprint density at radius 2 is 1.98 bits per heavy atom. The van der Waals surface area contributed by atoms with E-state index in [0.29, 0.717) is 50.7 Å². The molecule has 5 aromatic rings. The molecular formula is C30H26ClFN8. The number of nitrogens with one attached hydrogen (secondary N) is 2. The van der Waals surface area contributed by atoms with E-state index in [1.54, 1.807) is 35.1 Å². The average Bonchev–Trinajstić information content (AvgIpc) is 3.72. The van der Waals surface area contributed by atoms with E-state index in [9.17, 15) is 11.0 Å². The van der Waals surface area contributed by atoms with Gasteiger partial charge < -0.3 is 5.32 Å². The number of fused-ring (bicyclic) bond motifs is 1. The van der Waals surface area contributed by atoms with Crippen molar-refractivity contribution in [1.82, 2.24) is 20.0 Å². The molecule has 1 saturated carbocycles. The highest BCUT2D eigenvalue weighted by Gasteiger charge is 2.27. The van der Waals surface area contributed by atoms with Crippen LogP contribution in [0.1, 0.15) is 50.0 Å². The number of anilines is 3. The molecule has 6 rings (SSSR count). The molecule has 0 spiro atoms. The van der Waals surface area contributed by atoms with Crippen molar-refractivity contribution in [3.63, 3.8) is 0 Å². The Labute approximate surface area is 237 Å². The number of hydrazine groups is 1. The molecule has 2 heterocycles. The van der Waals surface area contributed by atoms with Gasteiger partial charge in [-0.15, -0.1) is 5.10 Å².